The Hall–Kier alpha value is -1.29. The van der Waals surface area contributed by atoms with E-state index in [2.05, 4.69) is 0 Å². The molecule has 0 aromatic heterocycles. The van der Waals surface area contributed by atoms with Gasteiger partial charge in [-0.05, 0) is 30.3 Å². The van der Waals surface area contributed by atoms with Gasteiger partial charge in [0.1, 0.15) is 17.7 Å². The molecule has 0 saturated heterocycles. The van der Waals surface area contributed by atoms with E-state index in [1.165, 1.54) is 12.1 Å². The van der Waals surface area contributed by atoms with Crippen molar-refractivity contribution in [2.45, 2.75) is 18.6 Å². The molecule has 0 saturated carbocycles. The fraction of sp³-hybridized carbons (Fsp3) is 0.200. The minimum atomic E-state index is -0.691. The first-order valence-corrected chi connectivity index (χ1v) is 6.89. The Balaban J connectivity index is 1.97. The summed E-state index contributed by atoms with van der Waals surface area (Å²) in [4.78, 5) is 0. The topological polar surface area (TPSA) is 29.5 Å². The van der Waals surface area contributed by atoms with Crippen LogP contribution in [-0.2, 0) is 0 Å². The van der Waals surface area contributed by atoms with Gasteiger partial charge in [-0.3, -0.25) is 0 Å². The van der Waals surface area contributed by atoms with Crippen LogP contribution < -0.4 is 4.74 Å². The molecule has 1 N–H and O–H groups in total. The molecule has 104 valence electrons. The number of benzene rings is 2. The average molecular weight is 313 g/mol. The molecular weight excluding hydrogens is 302 g/mol. The van der Waals surface area contributed by atoms with Crippen molar-refractivity contribution in [1.29, 1.82) is 0 Å². The van der Waals surface area contributed by atoms with Crippen LogP contribution in [-0.4, -0.2) is 5.11 Å². The van der Waals surface area contributed by atoms with Gasteiger partial charge < -0.3 is 9.84 Å². The van der Waals surface area contributed by atoms with Gasteiger partial charge in [0.05, 0.1) is 11.1 Å². The van der Waals surface area contributed by atoms with E-state index in [0.29, 0.717) is 33.3 Å². The van der Waals surface area contributed by atoms with Crippen molar-refractivity contribution in [2.75, 3.05) is 0 Å². The summed E-state index contributed by atoms with van der Waals surface area (Å²) in [5.74, 6) is 0.167. The Bertz CT molecular complexity index is 660. The molecule has 1 aliphatic rings. The lowest BCUT2D eigenvalue weighted by Crippen LogP contribution is -2.19. The van der Waals surface area contributed by atoms with Crippen molar-refractivity contribution < 1.29 is 14.2 Å². The molecule has 2 atom stereocenters. The van der Waals surface area contributed by atoms with Crippen molar-refractivity contribution in [1.82, 2.24) is 0 Å². The molecule has 3 rings (SSSR count). The molecule has 2 aromatic carbocycles. The highest BCUT2D eigenvalue weighted by Crippen LogP contribution is 2.43. The Morgan fingerprint density at radius 2 is 1.90 bits per heavy atom. The summed E-state index contributed by atoms with van der Waals surface area (Å²) in [5.41, 5.74) is 1.32. The molecule has 2 aromatic rings. The van der Waals surface area contributed by atoms with Gasteiger partial charge >= 0.3 is 0 Å². The first kappa shape index (κ1) is 13.7. The highest BCUT2D eigenvalue weighted by molar-refractivity contribution is 6.31. The van der Waals surface area contributed by atoms with Gasteiger partial charge in [0.2, 0.25) is 0 Å². The smallest absolute Gasteiger partial charge is 0.128 e. The van der Waals surface area contributed by atoms with E-state index in [0.717, 1.165) is 0 Å². The van der Waals surface area contributed by atoms with Gasteiger partial charge in [-0.15, -0.1) is 0 Å². The largest absolute Gasteiger partial charge is 0.485 e. The zero-order valence-corrected chi connectivity index (χ0v) is 11.8. The lowest BCUT2D eigenvalue weighted by molar-refractivity contribution is 0.0658. The van der Waals surface area contributed by atoms with Gasteiger partial charge in [-0.1, -0.05) is 29.3 Å². The fourth-order valence-electron chi connectivity index (χ4n) is 2.37. The minimum Gasteiger partial charge on any atom is -0.485 e. The molecule has 1 unspecified atom stereocenters. The number of fused-ring (bicyclic) bond motifs is 1. The lowest BCUT2D eigenvalue weighted by atomic mass is 9.95. The summed E-state index contributed by atoms with van der Waals surface area (Å²) in [5, 5.41) is 11.0. The van der Waals surface area contributed by atoms with E-state index in [9.17, 15) is 9.50 Å². The van der Waals surface area contributed by atoms with E-state index in [1.807, 2.05) is 0 Å². The predicted octanol–water partition coefficient (Wildman–Crippen LogP) is 4.69. The molecule has 0 amide bonds. The van der Waals surface area contributed by atoms with Crippen LogP contribution >= 0.6 is 23.2 Å². The summed E-state index contributed by atoms with van der Waals surface area (Å²) in [7, 11) is 0. The molecular formula is C15H11Cl2FO2. The molecule has 0 radical (unpaired) electrons. The summed E-state index contributed by atoms with van der Waals surface area (Å²) < 4.78 is 18.9. The Labute approximate surface area is 125 Å². The van der Waals surface area contributed by atoms with Crippen LogP contribution in [0.5, 0.6) is 5.75 Å². The number of rotatable bonds is 1. The number of ether oxygens (including phenoxy) is 1. The second kappa shape index (κ2) is 5.24. The summed E-state index contributed by atoms with van der Waals surface area (Å²) in [6.45, 7) is 0. The van der Waals surface area contributed by atoms with Crippen LogP contribution in [0.25, 0.3) is 0 Å². The summed E-state index contributed by atoms with van der Waals surface area (Å²) in [6.07, 6.45) is -0.756. The average Bonchev–Trinajstić information content (AvgIpc) is 2.39. The van der Waals surface area contributed by atoms with E-state index in [4.69, 9.17) is 27.9 Å². The van der Waals surface area contributed by atoms with Crippen LogP contribution in [0, 0.1) is 5.82 Å². The predicted molar refractivity (Wildman–Crippen MR) is 75.8 cm³/mol. The van der Waals surface area contributed by atoms with Crippen molar-refractivity contribution in [2.24, 2.45) is 0 Å². The van der Waals surface area contributed by atoms with Crippen molar-refractivity contribution >= 4 is 23.2 Å². The van der Waals surface area contributed by atoms with E-state index in [1.54, 1.807) is 24.3 Å². The number of aliphatic hydroxyl groups is 1. The van der Waals surface area contributed by atoms with Gasteiger partial charge in [-0.25, -0.2) is 4.39 Å². The van der Waals surface area contributed by atoms with E-state index in [-0.39, 0.29) is 0 Å². The minimum absolute atomic E-state index is 0.291. The van der Waals surface area contributed by atoms with Gasteiger partial charge in [0, 0.05) is 22.6 Å². The number of hydrogen-bond donors (Lipinski definition) is 1. The Kier molecular flexibility index (Phi) is 3.59. The summed E-state index contributed by atoms with van der Waals surface area (Å²) >= 11 is 11.9. The first-order valence-electron chi connectivity index (χ1n) is 6.13. The van der Waals surface area contributed by atoms with Crippen LogP contribution in [0.1, 0.15) is 29.8 Å². The standard InChI is InChI=1S/C15H11Cl2FO2/c16-8-1-4-14-11(5-8)13(19)7-15(20-14)10-3-2-9(18)6-12(10)17/h1-6,13,15,19H,7H2/t13-,15?/m0/s1. The second-order valence-corrected chi connectivity index (χ2v) is 5.55. The third-order valence-corrected chi connectivity index (χ3v) is 3.91. The molecule has 0 spiro atoms. The lowest BCUT2D eigenvalue weighted by Gasteiger charge is -2.30. The highest BCUT2D eigenvalue weighted by atomic mass is 35.5. The van der Waals surface area contributed by atoms with Crippen molar-refractivity contribution in [3.05, 3.63) is 63.4 Å². The molecule has 1 aliphatic heterocycles. The molecule has 0 bridgehead atoms. The van der Waals surface area contributed by atoms with Gasteiger partial charge in [0.15, 0.2) is 0 Å². The van der Waals surface area contributed by atoms with Crippen molar-refractivity contribution in [3.8, 4) is 5.75 Å². The fourth-order valence-corrected chi connectivity index (χ4v) is 2.84. The molecule has 0 aliphatic carbocycles. The third kappa shape index (κ3) is 2.49. The maximum Gasteiger partial charge on any atom is 0.128 e. The highest BCUT2D eigenvalue weighted by Gasteiger charge is 2.29. The first-order chi connectivity index (χ1) is 9.54. The molecule has 20 heavy (non-hydrogen) atoms. The number of aliphatic hydroxyl groups excluding tert-OH is 1. The normalized spacial score (nSPS) is 21.2. The van der Waals surface area contributed by atoms with E-state index >= 15 is 0 Å². The number of halogens is 3. The molecule has 2 nitrogen and oxygen atoms in total. The Morgan fingerprint density at radius 1 is 1.10 bits per heavy atom. The van der Waals surface area contributed by atoms with Crippen LogP contribution in [0.15, 0.2) is 36.4 Å². The monoisotopic (exact) mass is 312 g/mol. The molecule has 1 heterocycles. The van der Waals surface area contributed by atoms with Gasteiger partial charge in [0.25, 0.3) is 0 Å². The zero-order valence-electron chi connectivity index (χ0n) is 10.3. The molecule has 5 heteroatoms. The van der Waals surface area contributed by atoms with Crippen LogP contribution in [0.2, 0.25) is 10.0 Å². The maximum atomic E-state index is 13.1. The second-order valence-electron chi connectivity index (χ2n) is 4.71. The number of hydrogen-bond acceptors (Lipinski definition) is 2. The van der Waals surface area contributed by atoms with E-state index < -0.39 is 18.0 Å². The maximum absolute atomic E-state index is 13.1. The van der Waals surface area contributed by atoms with Crippen molar-refractivity contribution in [3.63, 3.8) is 0 Å². The quantitative estimate of drug-likeness (QED) is 0.827. The SMILES string of the molecule is O[C@H]1CC(c2ccc(F)cc2Cl)Oc2ccc(Cl)cc21. The van der Waals surface area contributed by atoms with Gasteiger partial charge in [-0.2, -0.15) is 0 Å². The Morgan fingerprint density at radius 3 is 2.65 bits per heavy atom. The third-order valence-electron chi connectivity index (χ3n) is 3.35. The molecule has 0 fully saturated rings. The zero-order chi connectivity index (χ0) is 14.3. The van der Waals surface area contributed by atoms with Crippen LogP contribution in [0.3, 0.4) is 0 Å². The summed E-state index contributed by atoms with van der Waals surface area (Å²) in [6, 6.07) is 9.24. The van der Waals surface area contributed by atoms with Crippen LogP contribution in [0.4, 0.5) is 4.39 Å².